The van der Waals surface area contributed by atoms with Gasteiger partial charge in [0.25, 0.3) is 0 Å². The molecule has 0 radical (unpaired) electrons. The molecule has 4 saturated carbocycles. The molecule has 0 aromatic heterocycles. The molecule has 5 aliphatic carbocycles. The van der Waals surface area contributed by atoms with Gasteiger partial charge in [0, 0.05) is 17.3 Å². The average Bonchev–Trinajstić information content (AvgIpc) is 2.82. The number of carbonyl (C=O) groups is 2. The Morgan fingerprint density at radius 2 is 1.74 bits per heavy atom. The molecule has 0 heterocycles. The summed E-state index contributed by atoms with van der Waals surface area (Å²) in [4.78, 5) is 26.4. The van der Waals surface area contributed by atoms with Gasteiger partial charge in [0.2, 0.25) is 0 Å². The Kier molecular flexibility index (Phi) is 5.77. The predicted molar refractivity (Wildman–Crippen MR) is 137 cm³/mol. The molecule has 0 aromatic rings. The fourth-order valence-corrected chi connectivity index (χ4v) is 11.0. The molecule has 0 spiro atoms. The van der Waals surface area contributed by atoms with Crippen LogP contribution >= 0.6 is 0 Å². The minimum Gasteiger partial charge on any atom is -0.469 e. The van der Waals surface area contributed by atoms with Gasteiger partial charge in [0.05, 0.1) is 19.1 Å². The summed E-state index contributed by atoms with van der Waals surface area (Å²) < 4.78 is 5.47. The molecule has 0 saturated heterocycles. The molecule has 2 unspecified atom stereocenters. The van der Waals surface area contributed by atoms with E-state index in [0.29, 0.717) is 35.9 Å². The summed E-state index contributed by atoms with van der Waals surface area (Å²) in [6, 6.07) is 0. The minimum atomic E-state index is -0.450. The Hall–Kier alpha value is -1.16. The number of esters is 1. The van der Waals surface area contributed by atoms with Gasteiger partial charge in [-0.2, -0.15) is 0 Å². The molecule has 0 amide bonds. The van der Waals surface area contributed by atoms with Crippen LogP contribution in [-0.4, -0.2) is 30.6 Å². The number of methoxy groups -OCH3 is 1. The van der Waals surface area contributed by atoms with E-state index in [9.17, 15) is 14.7 Å². The summed E-state index contributed by atoms with van der Waals surface area (Å²) in [6.07, 6.45) is 10.9. The molecule has 0 aliphatic heterocycles. The van der Waals surface area contributed by atoms with Gasteiger partial charge in [-0.3, -0.25) is 9.59 Å². The number of ketones is 1. The van der Waals surface area contributed by atoms with E-state index in [4.69, 9.17) is 4.74 Å². The number of hydrogen-bond donors (Lipinski definition) is 1. The van der Waals surface area contributed by atoms with Crippen molar-refractivity contribution in [3.05, 3.63) is 11.6 Å². The number of Topliss-reactive ketones (excluding diaryl/α,β-unsaturated/α-hetero) is 1. The van der Waals surface area contributed by atoms with Gasteiger partial charge >= 0.3 is 5.97 Å². The molecule has 0 bridgehead atoms. The third-order valence-electron chi connectivity index (χ3n) is 13.3. The van der Waals surface area contributed by atoms with Gasteiger partial charge in [-0.1, -0.05) is 53.2 Å². The van der Waals surface area contributed by atoms with Crippen molar-refractivity contribution < 1.29 is 19.4 Å². The summed E-state index contributed by atoms with van der Waals surface area (Å²) in [5, 5.41) is 11.3. The first-order valence-corrected chi connectivity index (χ1v) is 14.3. The van der Waals surface area contributed by atoms with E-state index in [1.807, 2.05) is 0 Å². The highest BCUT2D eigenvalue weighted by atomic mass is 16.5. The van der Waals surface area contributed by atoms with Crippen LogP contribution in [0, 0.1) is 56.7 Å². The molecule has 5 rings (SSSR count). The first-order valence-electron chi connectivity index (χ1n) is 14.3. The first kappa shape index (κ1) is 25.5. The number of carbonyl (C=O) groups excluding carboxylic acids is 2. The van der Waals surface area contributed by atoms with Crippen molar-refractivity contribution in [1.29, 1.82) is 0 Å². The van der Waals surface area contributed by atoms with E-state index in [0.717, 1.165) is 51.4 Å². The highest BCUT2D eigenvalue weighted by molar-refractivity contribution is 5.85. The quantitative estimate of drug-likeness (QED) is 0.366. The molecule has 4 fully saturated rings. The van der Waals surface area contributed by atoms with Gasteiger partial charge in [-0.15, -0.1) is 0 Å². The second-order valence-corrected chi connectivity index (χ2v) is 14.3. The van der Waals surface area contributed by atoms with Crippen molar-refractivity contribution in [2.24, 2.45) is 56.7 Å². The summed E-state index contributed by atoms with van der Waals surface area (Å²) >= 11 is 0. The van der Waals surface area contributed by atoms with Crippen LogP contribution in [0.5, 0.6) is 0 Å². The monoisotopic (exact) mass is 484 g/mol. The van der Waals surface area contributed by atoms with E-state index in [1.165, 1.54) is 5.57 Å². The fraction of sp³-hybridized carbons (Fsp3) is 0.871. The van der Waals surface area contributed by atoms with Crippen LogP contribution in [0.3, 0.4) is 0 Å². The van der Waals surface area contributed by atoms with Gasteiger partial charge in [0.15, 0.2) is 0 Å². The zero-order valence-electron chi connectivity index (χ0n) is 23.2. The van der Waals surface area contributed by atoms with Crippen LogP contribution in [0.4, 0.5) is 0 Å². The minimum absolute atomic E-state index is 0.0315. The maximum absolute atomic E-state index is 13.4. The Bertz CT molecular complexity index is 950. The van der Waals surface area contributed by atoms with E-state index < -0.39 is 5.41 Å². The van der Waals surface area contributed by atoms with E-state index in [-0.39, 0.29) is 40.2 Å². The van der Waals surface area contributed by atoms with E-state index in [1.54, 1.807) is 7.11 Å². The third kappa shape index (κ3) is 2.95. The largest absolute Gasteiger partial charge is 0.469 e. The molecule has 0 aromatic carbocycles. The maximum atomic E-state index is 13.4. The van der Waals surface area contributed by atoms with Crippen LogP contribution in [0.25, 0.3) is 0 Å². The van der Waals surface area contributed by atoms with Crippen molar-refractivity contribution in [3.63, 3.8) is 0 Å². The topological polar surface area (TPSA) is 63.6 Å². The molecule has 4 nitrogen and oxygen atoms in total. The van der Waals surface area contributed by atoms with E-state index in [2.05, 4.69) is 47.6 Å². The van der Waals surface area contributed by atoms with Crippen molar-refractivity contribution in [2.45, 2.75) is 99.3 Å². The molecule has 1 N–H and O–H groups in total. The molecule has 5 aliphatic rings. The lowest BCUT2D eigenvalue weighted by Crippen LogP contribution is -2.66. The Morgan fingerprint density at radius 1 is 1.03 bits per heavy atom. The predicted octanol–water partition coefficient (Wildman–Crippen LogP) is 6.36. The lowest BCUT2D eigenvalue weighted by molar-refractivity contribution is -0.201. The zero-order valence-corrected chi connectivity index (χ0v) is 23.2. The van der Waals surface area contributed by atoms with Crippen LogP contribution < -0.4 is 0 Å². The second kappa shape index (κ2) is 7.92. The van der Waals surface area contributed by atoms with Crippen molar-refractivity contribution in [3.8, 4) is 0 Å². The molecular formula is C31H48O4. The number of ether oxygens (including phenoxy) is 1. The van der Waals surface area contributed by atoms with Gasteiger partial charge in [-0.25, -0.2) is 0 Å². The normalized spacial score (nSPS) is 50.7. The van der Waals surface area contributed by atoms with Crippen LogP contribution in [-0.2, 0) is 14.3 Å². The zero-order chi connectivity index (χ0) is 25.6. The fourth-order valence-electron chi connectivity index (χ4n) is 11.0. The van der Waals surface area contributed by atoms with Crippen molar-refractivity contribution >= 4 is 11.8 Å². The van der Waals surface area contributed by atoms with Crippen LogP contribution in [0.15, 0.2) is 11.6 Å². The second-order valence-electron chi connectivity index (χ2n) is 14.3. The standard InChI is InChI=1S/C31H48O4/c1-19-10-15-30(26(34)35-7)16-17-31(18-32)21(25(30)20(19)2)8-9-23-28(5)13-12-24(33)27(3,4)22(28)11-14-29(23,31)6/h8,19-20,22-23,25,32H,9-18H2,1-7H3/t19-,20+,22?,23-,25?,28+,29-,30+,31+/m1/s1. The molecular weight excluding hydrogens is 436 g/mol. The third-order valence-corrected chi connectivity index (χ3v) is 13.3. The number of aliphatic hydroxyl groups is 1. The highest BCUT2D eigenvalue weighted by Gasteiger charge is 2.70. The average molecular weight is 485 g/mol. The van der Waals surface area contributed by atoms with Gasteiger partial charge in [-0.05, 0) is 91.8 Å². The molecule has 4 heteroatoms. The summed E-state index contributed by atoms with van der Waals surface area (Å²) in [5.74, 6) is 2.32. The Morgan fingerprint density at radius 3 is 2.40 bits per heavy atom. The Balaban J connectivity index is 1.65. The summed E-state index contributed by atoms with van der Waals surface area (Å²) in [5.41, 5.74) is 0.429. The number of hydrogen-bond acceptors (Lipinski definition) is 4. The summed E-state index contributed by atoms with van der Waals surface area (Å²) in [7, 11) is 1.55. The van der Waals surface area contributed by atoms with Crippen molar-refractivity contribution in [2.75, 3.05) is 13.7 Å². The van der Waals surface area contributed by atoms with Crippen molar-refractivity contribution in [1.82, 2.24) is 0 Å². The van der Waals surface area contributed by atoms with Gasteiger partial charge in [0.1, 0.15) is 5.78 Å². The smallest absolute Gasteiger partial charge is 0.312 e. The number of aliphatic hydroxyl groups excluding tert-OH is 1. The SMILES string of the molecule is COC(=O)[C@]12CC[C@@H](C)[C@H](C)C1C1=CC[C@@H]3[C@@]4(C)CCC(=O)C(C)(C)C4CC[C@@]3(C)[C@]1(CO)CC2. The summed E-state index contributed by atoms with van der Waals surface area (Å²) in [6.45, 7) is 14.1. The molecule has 35 heavy (non-hydrogen) atoms. The number of fused-ring (bicyclic) bond motifs is 7. The molecule has 196 valence electrons. The lowest BCUT2D eigenvalue weighted by Gasteiger charge is -2.71. The first-order chi connectivity index (χ1) is 16.4. The lowest BCUT2D eigenvalue weighted by atomic mass is 9.33. The van der Waals surface area contributed by atoms with Crippen LogP contribution in [0.1, 0.15) is 99.3 Å². The highest BCUT2D eigenvalue weighted by Crippen LogP contribution is 2.75. The molecule has 9 atom stereocenters. The maximum Gasteiger partial charge on any atom is 0.312 e. The van der Waals surface area contributed by atoms with Crippen LogP contribution in [0.2, 0.25) is 0 Å². The number of rotatable bonds is 2. The Labute approximate surface area is 212 Å². The van der Waals surface area contributed by atoms with Gasteiger partial charge < -0.3 is 9.84 Å². The number of allylic oxidation sites excluding steroid dienone is 1. The van der Waals surface area contributed by atoms with E-state index >= 15 is 0 Å².